The van der Waals surface area contributed by atoms with Crippen LogP contribution < -0.4 is 10.6 Å². The van der Waals surface area contributed by atoms with E-state index in [1.54, 1.807) is 6.26 Å². The lowest BCUT2D eigenvalue weighted by atomic mass is 9.99. The van der Waals surface area contributed by atoms with Gasteiger partial charge in [-0.2, -0.15) is 0 Å². The molecule has 0 saturated carbocycles. The van der Waals surface area contributed by atoms with Crippen LogP contribution >= 0.6 is 0 Å². The van der Waals surface area contributed by atoms with Crippen molar-refractivity contribution in [3.05, 3.63) is 95.9 Å². The molecule has 0 saturated heterocycles. The van der Waals surface area contributed by atoms with Crippen molar-refractivity contribution in [2.75, 3.05) is 6.54 Å². The number of carbonyl (C=O) groups is 1. The van der Waals surface area contributed by atoms with Crippen LogP contribution in [0.5, 0.6) is 0 Å². The molecule has 1 aromatic heterocycles. The first-order chi connectivity index (χ1) is 12.2. The zero-order valence-corrected chi connectivity index (χ0v) is 14.2. The van der Waals surface area contributed by atoms with Gasteiger partial charge in [-0.3, -0.25) is 10.1 Å². The molecule has 0 fully saturated rings. The average Bonchev–Trinajstić information content (AvgIpc) is 3.18. The second kappa shape index (κ2) is 8.31. The monoisotopic (exact) mass is 334 g/mol. The molecule has 25 heavy (non-hydrogen) atoms. The summed E-state index contributed by atoms with van der Waals surface area (Å²) in [6.45, 7) is 2.13. The van der Waals surface area contributed by atoms with Crippen LogP contribution in [0.3, 0.4) is 0 Å². The first kappa shape index (κ1) is 17.0. The van der Waals surface area contributed by atoms with Crippen LogP contribution in [0.4, 0.5) is 0 Å². The Labute approximate surface area is 147 Å². The molecule has 0 aliphatic heterocycles. The van der Waals surface area contributed by atoms with Crippen molar-refractivity contribution in [3.63, 3.8) is 0 Å². The van der Waals surface area contributed by atoms with Crippen molar-refractivity contribution in [3.8, 4) is 0 Å². The van der Waals surface area contributed by atoms with Crippen molar-refractivity contribution < 1.29 is 9.21 Å². The quantitative estimate of drug-likeness (QED) is 0.690. The summed E-state index contributed by atoms with van der Waals surface area (Å²) in [4.78, 5) is 12.3. The number of amides is 1. The minimum Gasteiger partial charge on any atom is -0.467 e. The van der Waals surface area contributed by atoms with Crippen molar-refractivity contribution in [1.82, 2.24) is 10.6 Å². The molecule has 3 aromatic rings. The minimum absolute atomic E-state index is 0.0351. The first-order valence-electron chi connectivity index (χ1n) is 8.40. The van der Waals surface area contributed by atoms with Crippen LogP contribution in [0.15, 0.2) is 83.5 Å². The van der Waals surface area contributed by atoms with Crippen LogP contribution in [0.25, 0.3) is 0 Å². The van der Waals surface area contributed by atoms with E-state index in [4.69, 9.17) is 4.42 Å². The smallest absolute Gasteiger partial charge is 0.234 e. The second-order valence-electron chi connectivity index (χ2n) is 5.94. The number of nitrogens with one attached hydrogen (secondary N) is 2. The summed E-state index contributed by atoms with van der Waals surface area (Å²) in [5, 5.41) is 6.31. The van der Waals surface area contributed by atoms with Gasteiger partial charge < -0.3 is 9.73 Å². The highest BCUT2D eigenvalue weighted by Gasteiger charge is 2.16. The van der Waals surface area contributed by atoms with Gasteiger partial charge in [0.15, 0.2) is 0 Å². The number of furan rings is 1. The summed E-state index contributed by atoms with van der Waals surface area (Å²) in [7, 11) is 0. The molecule has 3 rings (SSSR count). The Bertz CT molecular complexity index is 731. The van der Waals surface area contributed by atoms with E-state index in [-0.39, 0.29) is 24.5 Å². The predicted octanol–water partition coefficient (Wildman–Crippen LogP) is 3.84. The standard InChI is InChI=1S/C21H22N2O2/c1-16(19-13-8-14-25-19)23-20(24)15-22-21(17-9-4-2-5-10-17)18-11-6-3-7-12-18/h2-14,16,21-22H,15H2,1H3,(H,23,24). The summed E-state index contributed by atoms with van der Waals surface area (Å²) in [5.74, 6) is 0.678. The van der Waals surface area contributed by atoms with Crippen molar-refractivity contribution in [1.29, 1.82) is 0 Å². The van der Waals surface area contributed by atoms with Crippen molar-refractivity contribution in [2.24, 2.45) is 0 Å². The molecule has 2 N–H and O–H groups in total. The van der Waals surface area contributed by atoms with E-state index in [1.165, 1.54) is 0 Å². The number of hydrogen-bond donors (Lipinski definition) is 2. The molecular weight excluding hydrogens is 312 g/mol. The lowest BCUT2D eigenvalue weighted by Crippen LogP contribution is -2.37. The topological polar surface area (TPSA) is 54.3 Å². The third-order valence-corrected chi connectivity index (χ3v) is 4.08. The van der Waals surface area contributed by atoms with Gasteiger partial charge in [0, 0.05) is 0 Å². The van der Waals surface area contributed by atoms with Gasteiger partial charge >= 0.3 is 0 Å². The van der Waals surface area contributed by atoms with Gasteiger partial charge in [-0.25, -0.2) is 0 Å². The second-order valence-corrected chi connectivity index (χ2v) is 5.94. The molecule has 4 nitrogen and oxygen atoms in total. The summed E-state index contributed by atoms with van der Waals surface area (Å²) in [6.07, 6.45) is 1.61. The molecule has 0 spiro atoms. The van der Waals surface area contributed by atoms with Gasteiger partial charge in [-0.05, 0) is 30.2 Å². The Morgan fingerprint density at radius 1 is 0.920 bits per heavy atom. The average molecular weight is 334 g/mol. The predicted molar refractivity (Wildman–Crippen MR) is 98.0 cm³/mol. The van der Waals surface area contributed by atoms with E-state index >= 15 is 0 Å². The zero-order chi connectivity index (χ0) is 17.5. The van der Waals surface area contributed by atoms with Gasteiger partial charge in [-0.15, -0.1) is 0 Å². The highest BCUT2D eigenvalue weighted by molar-refractivity contribution is 5.78. The number of benzene rings is 2. The number of carbonyl (C=O) groups excluding carboxylic acids is 1. The van der Waals surface area contributed by atoms with E-state index in [1.807, 2.05) is 55.5 Å². The fourth-order valence-corrected chi connectivity index (χ4v) is 2.82. The van der Waals surface area contributed by atoms with Gasteiger partial charge in [-0.1, -0.05) is 60.7 Å². The maximum atomic E-state index is 12.3. The summed E-state index contributed by atoms with van der Waals surface area (Å²) < 4.78 is 5.33. The lowest BCUT2D eigenvalue weighted by molar-refractivity contribution is -0.121. The third-order valence-electron chi connectivity index (χ3n) is 4.08. The highest BCUT2D eigenvalue weighted by Crippen LogP contribution is 2.21. The molecule has 2 aromatic carbocycles. The van der Waals surface area contributed by atoms with Gasteiger partial charge in [0.25, 0.3) is 0 Å². The third kappa shape index (κ3) is 4.58. The van der Waals surface area contributed by atoms with Gasteiger partial charge in [0.1, 0.15) is 5.76 Å². The van der Waals surface area contributed by atoms with Crippen LogP contribution in [-0.4, -0.2) is 12.5 Å². The van der Waals surface area contributed by atoms with Crippen LogP contribution in [0.1, 0.15) is 35.9 Å². The molecule has 1 heterocycles. The fourth-order valence-electron chi connectivity index (χ4n) is 2.82. The molecule has 1 amide bonds. The van der Waals surface area contributed by atoms with E-state index in [0.717, 1.165) is 16.9 Å². The Balaban J connectivity index is 1.66. The first-order valence-corrected chi connectivity index (χ1v) is 8.40. The Morgan fingerprint density at radius 3 is 2.04 bits per heavy atom. The Hall–Kier alpha value is -2.85. The maximum Gasteiger partial charge on any atom is 0.234 e. The Kier molecular flexibility index (Phi) is 5.65. The SMILES string of the molecule is CC(NC(=O)CNC(c1ccccc1)c1ccccc1)c1ccco1. The van der Waals surface area contributed by atoms with E-state index in [2.05, 4.69) is 34.9 Å². The van der Waals surface area contributed by atoms with Crippen LogP contribution in [0.2, 0.25) is 0 Å². The molecule has 1 atom stereocenters. The molecule has 1 unspecified atom stereocenters. The Morgan fingerprint density at radius 2 is 1.52 bits per heavy atom. The largest absolute Gasteiger partial charge is 0.467 e. The molecule has 4 heteroatoms. The van der Waals surface area contributed by atoms with Crippen LogP contribution in [-0.2, 0) is 4.79 Å². The highest BCUT2D eigenvalue weighted by atomic mass is 16.3. The molecule has 0 radical (unpaired) electrons. The fraction of sp³-hybridized carbons (Fsp3) is 0.190. The molecule has 0 aliphatic rings. The molecule has 0 bridgehead atoms. The summed E-state index contributed by atoms with van der Waals surface area (Å²) >= 11 is 0. The van der Waals surface area contributed by atoms with Gasteiger partial charge in [0.2, 0.25) is 5.91 Å². The van der Waals surface area contributed by atoms with E-state index in [0.29, 0.717) is 0 Å². The zero-order valence-electron chi connectivity index (χ0n) is 14.2. The van der Waals surface area contributed by atoms with Crippen molar-refractivity contribution in [2.45, 2.75) is 19.0 Å². The minimum atomic E-state index is -0.156. The number of rotatable bonds is 7. The van der Waals surface area contributed by atoms with Crippen molar-refractivity contribution >= 4 is 5.91 Å². The van der Waals surface area contributed by atoms with E-state index < -0.39 is 0 Å². The molecule has 0 aliphatic carbocycles. The van der Waals surface area contributed by atoms with Gasteiger partial charge in [0.05, 0.1) is 24.9 Å². The summed E-state index contributed by atoms with van der Waals surface area (Å²) in [6, 6.07) is 23.7. The van der Waals surface area contributed by atoms with E-state index in [9.17, 15) is 4.79 Å². The lowest BCUT2D eigenvalue weighted by Gasteiger charge is -2.20. The van der Waals surface area contributed by atoms with Crippen LogP contribution in [0, 0.1) is 0 Å². The normalized spacial score (nSPS) is 12.1. The summed E-state index contributed by atoms with van der Waals surface area (Å²) in [5.41, 5.74) is 2.25. The number of hydrogen-bond acceptors (Lipinski definition) is 3. The molecular formula is C21H22N2O2. The maximum absolute atomic E-state index is 12.3. The molecule has 128 valence electrons.